The van der Waals surface area contributed by atoms with Crippen LogP contribution in [-0.2, 0) is 19.9 Å². The fraction of sp³-hybridized carbons (Fsp3) is 0.524. The van der Waals surface area contributed by atoms with E-state index in [0.717, 1.165) is 16.9 Å². The number of rotatable bonds is 8. The Morgan fingerprint density at radius 1 is 1.14 bits per heavy atom. The van der Waals surface area contributed by atoms with E-state index in [1.807, 2.05) is 31.2 Å². The summed E-state index contributed by atoms with van der Waals surface area (Å²) in [4.78, 5) is 50.4. The summed E-state index contributed by atoms with van der Waals surface area (Å²) in [6.45, 7) is 9.31. The molecule has 0 aliphatic carbocycles. The van der Waals surface area contributed by atoms with Crippen LogP contribution in [0.15, 0.2) is 24.3 Å². The molecule has 8 heteroatoms. The van der Waals surface area contributed by atoms with E-state index in [9.17, 15) is 19.2 Å². The van der Waals surface area contributed by atoms with Gasteiger partial charge in [0.2, 0.25) is 11.8 Å². The number of hydrogen-bond donors (Lipinski definition) is 3. The van der Waals surface area contributed by atoms with Gasteiger partial charge in [-0.05, 0) is 37.3 Å². The molecule has 29 heavy (non-hydrogen) atoms. The van der Waals surface area contributed by atoms with Gasteiger partial charge >= 0.3 is 6.03 Å². The Morgan fingerprint density at radius 3 is 2.31 bits per heavy atom. The number of urea groups is 1. The van der Waals surface area contributed by atoms with Crippen molar-refractivity contribution in [1.82, 2.24) is 20.9 Å². The maximum atomic E-state index is 12.9. The third-order valence-electron chi connectivity index (χ3n) is 5.05. The fourth-order valence-electron chi connectivity index (χ4n) is 3.14. The first-order valence-electron chi connectivity index (χ1n) is 9.91. The van der Waals surface area contributed by atoms with Gasteiger partial charge in [0, 0.05) is 6.54 Å². The highest BCUT2D eigenvalue weighted by molar-refractivity contribution is 6.09. The Bertz CT molecular complexity index is 790. The first-order chi connectivity index (χ1) is 13.6. The number of amides is 5. The number of carbonyl (C=O) groups excluding carboxylic acids is 4. The maximum Gasteiger partial charge on any atom is 0.325 e. The molecule has 3 N–H and O–H groups in total. The topological polar surface area (TPSA) is 108 Å². The summed E-state index contributed by atoms with van der Waals surface area (Å²) in [5, 5.41) is 7.88. The smallest absolute Gasteiger partial charge is 0.325 e. The molecule has 0 unspecified atom stereocenters. The highest BCUT2D eigenvalue weighted by Gasteiger charge is 2.49. The highest BCUT2D eigenvalue weighted by atomic mass is 16.2. The molecule has 0 saturated carbocycles. The molecule has 1 aliphatic rings. The van der Waals surface area contributed by atoms with Crippen LogP contribution in [0.1, 0.15) is 58.1 Å². The first-order valence-corrected chi connectivity index (χ1v) is 9.91. The zero-order valence-electron chi connectivity index (χ0n) is 17.7. The predicted octanol–water partition coefficient (Wildman–Crippen LogP) is 1.61. The number of nitrogens with zero attached hydrogens (tertiary/aromatic N) is 1. The van der Waals surface area contributed by atoms with Crippen molar-refractivity contribution in [3.8, 4) is 0 Å². The van der Waals surface area contributed by atoms with Gasteiger partial charge in [-0.3, -0.25) is 19.3 Å². The Balaban J connectivity index is 2.06. The monoisotopic (exact) mass is 402 g/mol. The molecule has 1 fully saturated rings. The lowest BCUT2D eigenvalue weighted by molar-refractivity contribution is -0.135. The van der Waals surface area contributed by atoms with Gasteiger partial charge in [0.15, 0.2) is 0 Å². The summed E-state index contributed by atoms with van der Waals surface area (Å²) in [5.41, 5.74) is 0.535. The number of benzene rings is 1. The molecule has 2 rings (SSSR count). The van der Waals surface area contributed by atoms with Crippen LogP contribution in [0.2, 0.25) is 0 Å². The minimum Gasteiger partial charge on any atom is -0.354 e. The van der Waals surface area contributed by atoms with Crippen LogP contribution in [0.4, 0.5) is 4.79 Å². The molecule has 0 radical (unpaired) electrons. The number of carbonyl (C=O) groups is 4. The van der Waals surface area contributed by atoms with Crippen molar-refractivity contribution in [3.63, 3.8) is 0 Å². The van der Waals surface area contributed by atoms with Crippen LogP contribution < -0.4 is 16.0 Å². The Morgan fingerprint density at radius 2 is 1.76 bits per heavy atom. The lowest BCUT2D eigenvalue weighted by atomic mass is 9.90. The van der Waals surface area contributed by atoms with Crippen molar-refractivity contribution in [3.05, 3.63) is 35.4 Å². The molecule has 1 aromatic rings. The molecule has 8 nitrogen and oxygen atoms in total. The second-order valence-corrected chi connectivity index (χ2v) is 7.80. The van der Waals surface area contributed by atoms with E-state index in [1.165, 1.54) is 0 Å². The van der Waals surface area contributed by atoms with Crippen LogP contribution in [0.5, 0.6) is 0 Å². The van der Waals surface area contributed by atoms with Gasteiger partial charge in [-0.25, -0.2) is 4.79 Å². The number of hydrogen-bond acceptors (Lipinski definition) is 4. The van der Waals surface area contributed by atoms with E-state index in [0.29, 0.717) is 18.0 Å². The molecule has 0 aromatic heterocycles. The van der Waals surface area contributed by atoms with E-state index >= 15 is 0 Å². The van der Waals surface area contributed by atoms with Gasteiger partial charge in [-0.1, -0.05) is 45.0 Å². The van der Waals surface area contributed by atoms with Gasteiger partial charge in [0.05, 0.1) is 0 Å². The normalized spacial score (nSPS) is 19.9. The molecule has 1 heterocycles. The second-order valence-electron chi connectivity index (χ2n) is 7.80. The lowest BCUT2D eigenvalue weighted by Crippen LogP contribution is -2.49. The van der Waals surface area contributed by atoms with Gasteiger partial charge in [-0.15, -0.1) is 0 Å². The molecule has 0 bridgehead atoms. The van der Waals surface area contributed by atoms with Crippen molar-refractivity contribution in [2.45, 2.75) is 58.5 Å². The van der Waals surface area contributed by atoms with Crippen LogP contribution in [0.3, 0.4) is 0 Å². The van der Waals surface area contributed by atoms with Crippen molar-refractivity contribution in [2.75, 3.05) is 13.1 Å². The van der Waals surface area contributed by atoms with E-state index in [2.05, 4.69) is 29.8 Å². The summed E-state index contributed by atoms with van der Waals surface area (Å²) >= 11 is 0. The average Bonchev–Trinajstić information content (AvgIpc) is 2.90. The zero-order chi connectivity index (χ0) is 21.8. The van der Waals surface area contributed by atoms with Gasteiger partial charge in [0.1, 0.15) is 18.1 Å². The molecule has 158 valence electrons. The Labute approximate surface area is 171 Å². The second kappa shape index (κ2) is 9.07. The fourth-order valence-corrected chi connectivity index (χ4v) is 3.14. The SMILES string of the molecule is CCCNC(=O)[C@H](C)NC(=O)CN1C(=O)N[C@@](C)(c2ccc(C(C)C)cc2)C1=O. The van der Waals surface area contributed by atoms with Crippen LogP contribution >= 0.6 is 0 Å². The summed E-state index contributed by atoms with van der Waals surface area (Å²) in [5.74, 6) is -1.04. The van der Waals surface area contributed by atoms with E-state index in [4.69, 9.17) is 0 Å². The largest absolute Gasteiger partial charge is 0.354 e. The number of nitrogens with one attached hydrogen (secondary N) is 3. The van der Waals surface area contributed by atoms with Gasteiger partial charge in [0.25, 0.3) is 5.91 Å². The summed E-state index contributed by atoms with van der Waals surface area (Å²) in [6.07, 6.45) is 0.783. The van der Waals surface area contributed by atoms with E-state index in [1.54, 1.807) is 13.8 Å². The molecule has 1 saturated heterocycles. The molecule has 0 spiro atoms. The van der Waals surface area contributed by atoms with Crippen molar-refractivity contribution >= 4 is 23.8 Å². The zero-order valence-corrected chi connectivity index (χ0v) is 17.7. The quantitative estimate of drug-likeness (QED) is 0.574. The third kappa shape index (κ3) is 4.93. The van der Waals surface area contributed by atoms with E-state index in [-0.39, 0.29) is 5.91 Å². The van der Waals surface area contributed by atoms with Crippen molar-refractivity contribution in [1.29, 1.82) is 0 Å². The third-order valence-corrected chi connectivity index (χ3v) is 5.05. The van der Waals surface area contributed by atoms with Crippen LogP contribution in [0.25, 0.3) is 0 Å². The Hall–Kier alpha value is -2.90. The summed E-state index contributed by atoms with van der Waals surface area (Å²) in [7, 11) is 0. The molecule has 2 atom stereocenters. The van der Waals surface area contributed by atoms with Gasteiger partial charge in [-0.2, -0.15) is 0 Å². The summed E-state index contributed by atoms with van der Waals surface area (Å²) in [6, 6.07) is 6.09. The van der Waals surface area contributed by atoms with Crippen LogP contribution in [-0.4, -0.2) is 47.8 Å². The number of imide groups is 1. The minimum absolute atomic E-state index is 0.313. The molecule has 1 aliphatic heterocycles. The van der Waals surface area contributed by atoms with E-state index < -0.39 is 36.0 Å². The van der Waals surface area contributed by atoms with Crippen LogP contribution in [0, 0.1) is 0 Å². The highest BCUT2D eigenvalue weighted by Crippen LogP contribution is 2.29. The minimum atomic E-state index is -1.24. The Kier molecular flexibility index (Phi) is 7.00. The standard InChI is InChI=1S/C21H30N4O4/c1-6-11-22-18(27)14(4)23-17(26)12-25-19(28)21(5,24-20(25)29)16-9-7-15(8-10-16)13(2)3/h7-10,13-14H,6,11-12H2,1-5H3,(H,22,27)(H,23,26)(H,24,29)/t14-,21-/m0/s1. The predicted molar refractivity (Wildman–Crippen MR) is 109 cm³/mol. The van der Waals surface area contributed by atoms with Crippen molar-refractivity contribution < 1.29 is 19.2 Å². The maximum absolute atomic E-state index is 12.9. The summed E-state index contributed by atoms with van der Waals surface area (Å²) < 4.78 is 0. The molecule has 5 amide bonds. The van der Waals surface area contributed by atoms with Crippen molar-refractivity contribution in [2.24, 2.45) is 0 Å². The molecular formula is C21H30N4O4. The average molecular weight is 402 g/mol. The lowest BCUT2D eigenvalue weighted by Gasteiger charge is -2.23. The molecule has 1 aromatic carbocycles. The molecular weight excluding hydrogens is 372 g/mol. The van der Waals surface area contributed by atoms with Gasteiger partial charge < -0.3 is 16.0 Å². The first kappa shape index (κ1) is 22.4.